The first-order valence-corrected chi connectivity index (χ1v) is 4.98. The van der Waals surface area contributed by atoms with E-state index < -0.39 is 11.7 Å². The van der Waals surface area contributed by atoms with Crippen LogP contribution in [0.1, 0.15) is 5.56 Å². The molecule has 0 aliphatic carbocycles. The van der Waals surface area contributed by atoms with E-state index in [1.807, 2.05) is 0 Å². The number of benzene rings is 1. The van der Waals surface area contributed by atoms with Gasteiger partial charge in [-0.25, -0.2) is 4.98 Å². The van der Waals surface area contributed by atoms with E-state index in [0.29, 0.717) is 5.95 Å². The monoisotopic (exact) mass is 261 g/mol. The summed E-state index contributed by atoms with van der Waals surface area (Å²) in [5.41, 5.74) is -0.618. The molecule has 0 aliphatic heterocycles. The lowest BCUT2D eigenvalue weighted by molar-refractivity contribution is -0.137. The molecule has 1 aromatic carbocycles. The van der Waals surface area contributed by atoms with Crippen LogP contribution in [0, 0.1) is 0 Å². The summed E-state index contributed by atoms with van der Waals surface area (Å²) in [6, 6.07) is 3.05. The van der Waals surface area contributed by atoms with E-state index in [0.717, 1.165) is 12.1 Å². The molecule has 0 spiro atoms. The molecule has 0 saturated heterocycles. The minimum atomic E-state index is -4.40. The number of anilines is 2. The third kappa shape index (κ3) is 2.71. The normalized spacial score (nSPS) is 11.5. The maximum absolute atomic E-state index is 12.5. The first-order chi connectivity index (χ1) is 7.97. The molecule has 2 aromatic rings. The molecular weight excluding hydrogens is 255 g/mol. The highest BCUT2D eigenvalue weighted by Gasteiger charge is 2.30. The molecule has 7 heteroatoms. The summed E-state index contributed by atoms with van der Waals surface area (Å²) < 4.78 is 37.5. The second-order valence-electron chi connectivity index (χ2n) is 3.26. The second kappa shape index (κ2) is 4.29. The molecule has 1 aromatic heterocycles. The molecule has 0 fully saturated rings. The lowest BCUT2D eigenvalue weighted by atomic mass is 10.2. The van der Waals surface area contributed by atoms with Gasteiger partial charge in [-0.1, -0.05) is 11.6 Å². The maximum atomic E-state index is 12.5. The van der Waals surface area contributed by atoms with Crippen LogP contribution in [0.25, 0.3) is 0 Å². The van der Waals surface area contributed by atoms with Gasteiger partial charge in [-0.3, -0.25) is 0 Å². The van der Waals surface area contributed by atoms with Crippen molar-refractivity contribution in [1.82, 2.24) is 9.97 Å². The molecule has 2 rings (SSSR count). The van der Waals surface area contributed by atoms with Gasteiger partial charge in [-0.15, -0.1) is 0 Å². The molecule has 0 radical (unpaired) electrons. The van der Waals surface area contributed by atoms with Crippen LogP contribution in [0.2, 0.25) is 5.02 Å². The summed E-state index contributed by atoms with van der Waals surface area (Å²) in [6.07, 6.45) is -1.38. The van der Waals surface area contributed by atoms with Crippen molar-refractivity contribution in [3.63, 3.8) is 0 Å². The number of imidazole rings is 1. The van der Waals surface area contributed by atoms with E-state index in [9.17, 15) is 13.2 Å². The topological polar surface area (TPSA) is 40.7 Å². The summed E-state index contributed by atoms with van der Waals surface area (Å²) in [6.45, 7) is 0. The van der Waals surface area contributed by atoms with E-state index in [1.54, 1.807) is 6.20 Å². The number of nitrogens with one attached hydrogen (secondary N) is 2. The fraction of sp³-hybridized carbons (Fsp3) is 0.100. The average molecular weight is 262 g/mol. The third-order valence-corrected chi connectivity index (χ3v) is 2.37. The van der Waals surface area contributed by atoms with Gasteiger partial charge >= 0.3 is 6.18 Å². The number of nitrogens with zero attached hydrogens (tertiary/aromatic N) is 1. The molecular formula is C10H7ClF3N3. The number of alkyl halides is 3. The Bertz CT molecular complexity index is 508. The summed E-state index contributed by atoms with van der Waals surface area (Å²) >= 11 is 5.79. The van der Waals surface area contributed by atoms with Crippen molar-refractivity contribution in [2.45, 2.75) is 6.18 Å². The predicted octanol–water partition coefficient (Wildman–Crippen LogP) is 3.83. The smallest absolute Gasteiger partial charge is 0.331 e. The van der Waals surface area contributed by atoms with Crippen molar-refractivity contribution < 1.29 is 13.2 Å². The van der Waals surface area contributed by atoms with Gasteiger partial charge in [-0.2, -0.15) is 13.2 Å². The van der Waals surface area contributed by atoms with Gasteiger partial charge in [0.25, 0.3) is 0 Å². The van der Waals surface area contributed by atoms with Gasteiger partial charge in [0.2, 0.25) is 5.95 Å². The summed E-state index contributed by atoms with van der Waals surface area (Å²) in [4.78, 5) is 6.55. The fourth-order valence-corrected chi connectivity index (χ4v) is 1.42. The highest BCUT2D eigenvalue weighted by atomic mass is 35.5. The van der Waals surface area contributed by atoms with Crippen molar-refractivity contribution in [3.8, 4) is 0 Å². The molecule has 3 nitrogen and oxygen atoms in total. The zero-order chi connectivity index (χ0) is 12.5. The van der Waals surface area contributed by atoms with Crippen LogP contribution in [0.4, 0.5) is 24.8 Å². The van der Waals surface area contributed by atoms with E-state index in [2.05, 4.69) is 15.3 Å². The molecule has 0 bridgehead atoms. The van der Waals surface area contributed by atoms with Crippen LogP contribution < -0.4 is 5.32 Å². The highest BCUT2D eigenvalue weighted by molar-refractivity contribution is 6.33. The van der Waals surface area contributed by atoms with E-state index in [4.69, 9.17) is 11.6 Å². The number of aromatic nitrogens is 2. The first kappa shape index (κ1) is 11.8. The molecule has 90 valence electrons. The minimum absolute atomic E-state index is 0.149. The maximum Gasteiger partial charge on any atom is 0.416 e. The molecule has 0 unspecified atom stereocenters. The molecule has 0 amide bonds. The summed E-state index contributed by atoms with van der Waals surface area (Å²) in [5, 5.41) is 2.86. The van der Waals surface area contributed by atoms with Gasteiger partial charge < -0.3 is 10.3 Å². The SMILES string of the molecule is FC(F)(F)c1ccc(Cl)c(Nc2ncc[nH]2)c1. The van der Waals surface area contributed by atoms with E-state index in [-0.39, 0.29) is 10.7 Å². The molecule has 1 heterocycles. The zero-order valence-corrected chi connectivity index (χ0v) is 9.10. The molecule has 0 saturated carbocycles. The van der Waals surface area contributed by atoms with Crippen molar-refractivity contribution in [2.24, 2.45) is 0 Å². The Balaban J connectivity index is 2.33. The summed E-state index contributed by atoms with van der Waals surface area (Å²) in [5.74, 6) is 0.325. The van der Waals surface area contributed by atoms with Crippen molar-refractivity contribution in [2.75, 3.05) is 5.32 Å². The Labute approximate surface area is 99.6 Å². The van der Waals surface area contributed by atoms with Crippen LogP contribution in [0.15, 0.2) is 30.6 Å². The van der Waals surface area contributed by atoms with E-state index in [1.165, 1.54) is 12.3 Å². The van der Waals surface area contributed by atoms with Crippen molar-refractivity contribution in [1.29, 1.82) is 0 Å². The Hall–Kier alpha value is -1.69. The fourth-order valence-electron chi connectivity index (χ4n) is 1.26. The zero-order valence-electron chi connectivity index (χ0n) is 8.35. The molecule has 0 aliphatic rings. The van der Waals surface area contributed by atoms with Gasteiger partial charge in [-0.05, 0) is 18.2 Å². The van der Waals surface area contributed by atoms with Crippen LogP contribution in [0.5, 0.6) is 0 Å². The first-order valence-electron chi connectivity index (χ1n) is 4.60. The van der Waals surface area contributed by atoms with Crippen molar-refractivity contribution >= 4 is 23.2 Å². The Morgan fingerprint density at radius 2 is 2.06 bits per heavy atom. The standard InChI is InChI=1S/C10H7ClF3N3/c11-7-2-1-6(10(12,13)14)5-8(7)17-9-15-3-4-16-9/h1-5H,(H2,15,16,17). The quantitative estimate of drug-likeness (QED) is 0.863. The molecule has 17 heavy (non-hydrogen) atoms. The lowest BCUT2D eigenvalue weighted by Crippen LogP contribution is -2.05. The van der Waals surface area contributed by atoms with Crippen LogP contribution >= 0.6 is 11.6 Å². The van der Waals surface area contributed by atoms with Gasteiger partial charge in [0.15, 0.2) is 0 Å². The van der Waals surface area contributed by atoms with Gasteiger partial charge in [0, 0.05) is 12.4 Å². The Kier molecular flexibility index (Phi) is 2.97. The van der Waals surface area contributed by atoms with Crippen LogP contribution in [0.3, 0.4) is 0 Å². The minimum Gasteiger partial charge on any atom is -0.331 e. The number of H-pyrrole nitrogens is 1. The number of halogens is 4. The predicted molar refractivity (Wildman–Crippen MR) is 58.3 cm³/mol. The number of hydrogen-bond donors (Lipinski definition) is 2. The Morgan fingerprint density at radius 3 is 2.65 bits per heavy atom. The third-order valence-electron chi connectivity index (χ3n) is 2.04. The van der Waals surface area contributed by atoms with Crippen LogP contribution in [-0.2, 0) is 6.18 Å². The van der Waals surface area contributed by atoms with Gasteiger partial charge in [0.05, 0.1) is 16.3 Å². The second-order valence-corrected chi connectivity index (χ2v) is 3.66. The summed E-state index contributed by atoms with van der Waals surface area (Å²) in [7, 11) is 0. The van der Waals surface area contributed by atoms with Crippen LogP contribution in [-0.4, -0.2) is 9.97 Å². The molecule has 2 N–H and O–H groups in total. The number of hydrogen-bond acceptors (Lipinski definition) is 2. The molecule has 0 atom stereocenters. The highest BCUT2D eigenvalue weighted by Crippen LogP contribution is 2.34. The largest absolute Gasteiger partial charge is 0.416 e. The van der Waals surface area contributed by atoms with Gasteiger partial charge in [0.1, 0.15) is 0 Å². The van der Waals surface area contributed by atoms with Crippen molar-refractivity contribution in [3.05, 3.63) is 41.2 Å². The number of aromatic amines is 1. The lowest BCUT2D eigenvalue weighted by Gasteiger charge is -2.10. The Morgan fingerprint density at radius 1 is 1.29 bits per heavy atom. The van der Waals surface area contributed by atoms with E-state index >= 15 is 0 Å². The average Bonchev–Trinajstić information content (AvgIpc) is 2.72. The number of rotatable bonds is 2.